The third kappa shape index (κ3) is 3.54. The molecule has 0 bridgehead atoms. The number of amides is 1. The van der Waals surface area contributed by atoms with Crippen LogP contribution in [0.4, 0.5) is 0 Å². The summed E-state index contributed by atoms with van der Waals surface area (Å²) in [6, 6.07) is 6.01. The number of aromatic nitrogens is 2. The van der Waals surface area contributed by atoms with Crippen molar-refractivity contribution in [3.8, 4) is 0 Å². The van der Waals surface area contributed by atoms with E-state index in [-0.39, 0.29) is 11.9 Å². The van der Waals surface area contributed by atoms with E-state index in [4.69, 9.17) is 5.73 Å². The second kappa shape index (κ2) is 5.84. The van der Waals surface area contributed by atoms with E-state index >= 15 is 0 Å². The van der Waals surface area contributed by atoms with Crippen molar-refractivity contribution in [2.24, 2.45) is 5.73 Å². The number of nitrogens with one attached hydrogen (secondary N) is 1. The maximum Gasteiger partial charge on any atom is 0.220 e. The van der Waals surface area contributed by atoms with Gasteiger partial charge in [-0.15, -0.1) is 0 Å². The molecule has 102 valence electrons. The quantitative estimate of drug-likeness (QED) is 0.853. The number of pyridine rings is 1. The Morgan fingerprint density at radius 3 is 3.00 bits per heavy atom. The van der Waals surface area contributed by atoms with E-state index in [0.717, 1.165) is 17.0 Å². The molecule has 1 amide bonds. The largest absolute Gasteiger partial charge is 0.350 e. The van der Waals surface area contributed by atoms with Crippen molar-refractivity contribution in [3.63, 3.8) is 0 Å². The van der Waals surface area contributed by atoms with Crippen molar-refractivity contribution in [2.75, 3.05) is 0 Å². The molecule has 1 unspecified atom stereocenters. The van der Waals surface area contributed by atoms with E-state index in [1.54, 1.807) is 0 Å². The van der Waals surface area contributed by atoms with Gasteiger partial charge in [-0.1, -0.05) is 6.07 Å². The standard InChI is InChI=1S/C14H20N4O/c1-10(15)6-7-14(19)16-8-12-9-18-11(2)4-3-5-13(18)17-12/h3-5,9-10H,6-8,15H2,1-2H3,(H,16,19). The molecule has 5 nitrogen and oxygen atoms in total. The second-order valence-electron chi connectivity index (χ2n) is 4.92. The van der Waals surface area contributed by atoms with Gasteiger partial charge in [-0.25, -0.2) is 4.98 Å². The lowest BCUT2D eigenvalue weighted by Crippen LogP contribution is -2.25. The Morgan fingerprint density at radius 1 is 1.53 bits per heavy atom. The van der Waals surface area contributed by atoms with Crippen LogP contribution < -0.4 is 11.1 Å². The first kappa shape index (κ1) is 13.5. The molecule has 2 rings (SSSR count). The zero-order chi connectivity index (χ0) is 13.8. The van der Waals surface area contributed by atoms with Gasteiger partial charge >= 0.3 is 0 Å². The van der Waals surface area contributed by atoms with Crippen molar-refractivity contribution in [1.82, 2.24) is 14.7 Å². The third-order valence-corrected chi connectivity index (χ3v) is 3.04. The molecule has 3 N–H and O–H groups in total. The van der Waals surface area contributed by atoms with Gasteiger partial charge in [-0.3, -0.25) is 4.79 Å². The molecule has 0 spiro atoms. The number of aryl methyl sites for hydroxylation is 1. The topological polar surface area (TPSA) is 72.4 Å². The van der Waals surface area contributed by atoms with Crippen molar-refractivity contribution in [3.05, 3.63) is 35.8 Å². The van der Waals surface area contributed by atoms with Crippen LogP contribution in [0, 0.1) is 6.92 Å². The summed E-state index contributed by atoms with van der Waals surface area (Å²) in [4.78, 5) is 16.1. The lowest BCUT2D eigenvalue weighted by molar-refractivity contribution is -0.121. The molecule has 0 aliphatic rings. The Morgan fingerprint density at radius 2 is 2.32 bits per heavy atom. The summed E-state index contributed by atoms with van der Waals surface area (Å²) >= 11 is 0. The monoisotopic (exact) mass is 260 g/mol. The summed E-state index contributed by atoms with van der Waals surface area (Å²) in [6.07, 6.45) is 3.12. The molecule has 0 aliphatic carbocycles. The predicted molar refractivity (Wildman–Crippen MR) is 74.7 cm³/mol. The van der Waals surface area contributed by atoms with E-state index in [9.17, 15) is 4.79 Å². The molecule has 2 heterocycles. The summed E-state index contributed by atoms with van der Waals surface area (Å²) in [5.74, 6) is 0.0195. The second-order valence-corrected chi connectivity index (χ2v) is 4.92. The highest BCUT2D eigenvalue weighted by atomic mass is 16.1. The average molecular weight is 260 g/mol. The van der Waals surface area contributed by atoms with Gasteiger partial charge in [0, 0.05) is 24.4 Å². The number of nitrogens with zero attached hydrogens (tertiary/aromatic N) is 2. The molecule has 2 aromatic rings. The molecule has 19 heavy (non-hydrogen) atoms. The van der Waals surface area contributed by atoms with Gasteiger partial charge in [0.15, 0.2) is 0 Å². The summed E-state index contributed by atoms with van der Waals surface area (Å²) in [7, 11) is 0. The van der Waals surface area contributed by atoms with Crippen LogP contribution in [-0.2, 0) is 11.3 Å². The maximum absolute atomic E-state index is 11.6. The average Bonchev–Trinajstić information content (AvgIpc) is 2.78. The van der Waals surface area contributed by atoms with Gasteiger partial charge in [-0.05, 0) is 32.4 Å². The van der Waals surface area contributed by atoms with E-state index in [1.165, 1.54) is 0 Å². The van der Waals surface area contributed by atoms with Crippen LogP contribution in [0.15, 0.2) is 24.4 Å². The minimum atomic E-state index is 0.0195. The fourth-order valence-electron chi connectivity index (χ4n) is 1.92. The van der Waals surface area contributed by atoms with Gasteiger partial charge in [-0.2, -0.15) is 0 Å². The molecule has 0 saturated heterocycles. The Hall–Kier alpha value is -1.88. The predicted octanol–water partition coefficient (Wildman–Crippen LogP) is 1.39. The summed E-state index contributed by atoms with van der Waals surface area (Å²) in [6.45, 7) is 4.39. The molecular formula is C14H20N4O. The lowest BCUT2D eigenvalue weighted by Gasteiger charge is -2.05. The van der Waals surface area contributed by atoms with Gasteiger partial charge in [0.1, 0.15) is 5.65 Å². The highest BCUT2D eigenvalue weighted by molar-refractivity contribution is 5.75. The normalized spacial score (nSPS) is 12.6. The molecule has 0 radical (unpaired) electrons. The minimum Gasteiger partial charge on any atom is -0.350 e. The molecule has 5 heteroatoms. The summed E-state index contributed by atoms with van der Waals surface area (Å²) in [5.41, 5.74) is 8.51. The first-order chi connectivity index (χ1) is 9.06. The first-order valence-corrected chi connectivity index (χ1v) is 6.52. The fourth-order valence-corrected chi connectivity index (χ4v) is 1.92. The van der Waals surface area contributed by atoms with E-state index < -0.39 is 0 Å². The zero-order valence-corrected chi connectivity index (χ0v) is 11.4. The smallest absolute Gasteiger partial charge is 0.220 e. The third-order valence-electron chi connectivity index (χ3n) is 3.04. The molecule has 1 atom stereocenters. The number of nitrogens with two attached hydrogens (primary N) is 1. The number of carbonyl (C=O) groups excluding carboxylic acids is 1. The molecule has 0 saturated carbocycles. The Kier molecular flexibility index (Phi) is 4.16. The summed E-state index contributed by atoms with van der Waals surface area (Å²) in [5, 5.41) is 2.86. The van der Waals surface area contributed by atoms with Crippen LogP contribution in [0.25, 0.3) is 5.65 Å². The Labute approximate surface area is 112 Å². The van der Waals surface area contributed by atoms with Crippen LogP contribution in [0.3, 0.4) is 0 Å². The van der Waals surface area contributed by atoms with Gasteiger partial charge < -0.3 is 15.5 Å². The SMILES string of the molecule is Cc1cccc2nc(CNC(=O)CCC(C)N)cn12. The number of hydrogen-bond donors (Lipinski definition) is 2. The summed E-state index contributed by atoms with van der Waals surface area (Å²) < 4.78 is 2.02. The first-order valence-electron chi connectivity index (χ1n) is 6.52. The van der Waals surface area contributed by atoms with Crippen molar-refractivity contribution >= 4 is 11.6 Å². The zero-order valence-electron chi connectivity index (χ0n) is 11.4. The molecule has 2 aromatic heterocycles. The number of fused-ring (bicyclic) bond motifs is 1. The molecule has 0 aromatic carbocycles. The molecule has 0 aliphatic heterocycles. The molecule has 0 fully saturated rings. The van der Waals surface area contributed by atoms with Crippen LogP contribution >= 0.6 is 0 Å². The van der Waals surface area contributed by atoms with Crippen LogP contribution in [0.2, 0.25) is 0 Å². The van der Waals surface area contributed by atoms with Crippen LogP contribution in [-0.4, -0.2) is 21.3 Å². The van der Waals surface area contributed by atoms with Gasteiger partial charge in [0.05, 0.1) is 12.2 Å². The van der Waals surface area contributed by atoms with Crippen molar-refractivity contribution in [2.45, 2.75) is 39.3 Å². The Balaban J connectivity index is 1.95. The fraction of sp³-hybridized carbons (Fsp3) is 0.429. The number of rotatable bonds is 5. The number of hydrogen-bond acceptors (Lipinski definition) is 3. The highest BCUT2D eigenvalue weighted by Crippen LogP contribution is 2.08. The highest BCUT2D eigenvalue weighted by Gasteiger charge is 2.06. The number of carbonyl (C=O) groups is 1. The van der Waals surface area contributed by atoms with E-state index in [0.29, 0.717) is 19.4 Å². The number of imidazole rings is 1. The molecular weight excluding hydrogens is 240 g/mol. The van der Waals surface area contributed by atoms with Crippen molar-refractivity contribution < 1.29 is 4.79 Å². The van der Waals surface area contributed by atoms with E-state index in [1.807, 2.05) is 42.6 Å². The van der Waals surface area contributed by atoms with E-state index in [2.05, 4.69) is 10.3 Å². The van der Waals surface area contributed by atoms with Crippen molar-refractivity contribution in [1.29, 1.82) is 0 Å². The van der Waals surface area contributed by atoms with Crippen LogP contribution in [0.5, 0.6) is 0 Å². The lowest BCUT2D eigenvalue weighted by atomic mass is 10.2. The van der Waals surface area contributed by atoms with Gasteiger partial charge in [0.2, 0.25) is 5.91 Å². The van der Waals surface area contributed by atoms with Crippen LogP contribution in [0.1, 0.15) is 31.2 Å². The Bertz CT molecular complexity index is 574. The maximum atomic E-state index is 11.6. The minimum absolute atomic E-state index is 0.0195. The van der Waals surface area contributed by atoms with Gasteiger partial charge in [0.25, 0.3) is 0 Å².